The van der Waals surface area contributed by atoms with Gasteiger partial charge in [0.1, 0.15) is 5.82 Å². The number of hydrogen-bond donors (Lipinski definition) is 3. The van der Waals surface area contributed by atoms with E-state index >= 15 is 0 Å². The molecule has 2 aromatic carbocycles. The van der Waals surface area contributed by atoms with Crippen molar-refractivity contribution in [2.24, 2.45) is 0 Å². The van der Waals surface area contributed by atoms with E-state index in [0.29, 0.717) is 12.5 Å². The van der Waals surface area contributed by atoms with Crippen LogP contribution in [-0.2, 0) is 4.79 Å². The first-order valence-electron chi connectivity index (χ1n) is 8.36. The molecule has 3 N–H and O–H groups in total. The summed E-state index contributed by atoms with van der Waals surface area (Å²) in [6, 6.07) is 16.0. The molecule has 122 valence electrons. The molecule has 1 aromatic heterocycles. The Morgan fingerprint density at radius 2 is 2.12 bits per heavy atom. The number of aromatic amines is 1. The number of amides is 1. The smallest absolute Gasteiger partial charge is 0.225 e. The fraction of sp³-hybridized carbons (Fsp3) is 0.263. The molecule has 1 amide bonds. The average molecular weight is 320 g/mol. The molecule has 4 rings (SSSR count). The van der Waals surface area contributed by atoms with E-state index in [1.165, 1.54) is 0 Å². The number of aromatic nitrogens is 2. The molecule has 1 aliphatic rings. The van der Waals surface area contributed by atoms with Crippen LogP contribution in [0.5, 0.6) is 0 Å². The Labute approximate surface area is 140 Å². The standard InChI is InChI=1S/C19H20N4O/c24-18(12-14-7-4-10-20-14)21-15-6-3-5-13(11-15)19-22-16-8-1-2-9-17(16)23-19/h1-3,5-6,8-9,11,14,20H,4,7,10,12H2,(H,21,24)(H,22,23). The number of H-pyrrole nitrogens is 1. The summed E-state index contributed by atoms with van der Waals surface area (Å²) in [5.74, 6) is 0.862. The van der Waals surface area contributed by atoms with E-state index in [9.17, 15) is 4.79 Å². The molecule has 0 radical (unpaired) electrons. The molecular weight excluding hydrogens is 300 g/mol. The van der Waals surface area contributed by atoms with Crippen LogP contribution in [0, 0.1) is 0 Å². The van der Waals surface area contributed by atoms with E-state index in [2.05, 4.69) is 20.6 Å². The predicted octanol–water partition coefficient (Wildman–Crippen LogP) is 3.31. The number of nitrogens with zero attached hydrogens (tertiary/aromatic N) is 1. The van der Waals surface area contributed by atoms with Gasteiger partial charge in [0.05, 0.1) is 11.0 Å². The highest BCUT2D eigenvalue weighted by molar-refractivity contribution is 5.92. The van der Waals surface area contributed by atoms with Crippen LogP contribution in [0.25, 0.3) is 22.4 Å². The zero-order chi connectivity index (χ0) is 16.4. The summed E-state index contributed by atoms with van der Waals surface area (Å²) >= 11 is 0. The van der Waals surface area contributed by atoms with E-state index in [0.717, 1.165) is 47.5 Å². The molecule has 0 aliphatic carbocycles. The van der Waals surface area contributed by atoms with Crippen LogP contribution in [0.15, 0.2) is 48.5 Å². The highest BCUT2D eigenvalue weighted by Crippen LogP contribution is 2.23. The second kappa shape index (κ2) is 6.45. The lowest BCUT2D eigenvalue weighted by molar-refractivity contribution is -0.116. The summed E-state index contributed by atoms with van der Waals surface area (Å²) in [7, 11) is 0. The Morgan fingerprint density at radius 3 is 2.96 bits per heavy atom. The van der Waals surface area contributed by atoms with Crippen LogP contribution in [0.1, 0.15) is 19.3 Å². The molecule has 0 bridgehead atoms. The number of anilines is 1. The van der Waals surface area contributed by atoms with Gasteiger partial charge in [-0.15, -0.1) is 0 Å². The maximum Gasteiger partial charge on any atom is 0.225 e. The summed E-state index contributed by atoms with van der Waals surface area (Å²) in [4.78, 5) is 20.1. The molecule has 1 unspecified atom stereocenters. The number of rotatable bonds is 4. The Hall–Kier alpha value is -2.66. The van der Waals surface area contributed by atoms with Gasteiger partial charge in [0.2, 0.25) is 5.91 Å². The van der Waals surface area contributed by atoms with Gasteiger partial charge in [0, 0.05) is 23.7 Å². The first-order chi connectivity index (χ1) is 11.8. The van der Waals surface area contributed by atoms with Crippen LogP contribution in [0.4, 0.5) is 5.69 Å². The number of para-hydroxylation sites is 2. The van der Waals surface area contributed by atoms with Crippen molar-refractivity contribution >= 4 is 22.6 Å². The van der Waals surface area contributed by atoms with E-state index in [1.807, 2.05) is 48.5 Å². The largest absolute Gasteiger partial charge is 0.338 e. The number of carbonyl (C=O) groups is 1. The van der Waals surface area contributed by atoms with Gasteiger partial charge in [-0.3, -0.25) is 4.79 Å². The van der Waals surface area contributed by atoms with Crippen LogP contribution in [0.2, 0.25) is 0 Å². The van der Waals surface area contributed by atoms with Crippen molar-refractivity contribution in [3.8, 4) is 11.4 Å². The van der Waals surface area contributed by atoms with Gasteiger partial charge in [-0.2, -0.15) is 0 Å². The second-order valence-corrected chi connectivity index (χ2v) is 6.23. The SMILES string of the molecule is O=C(CC1CCCN1)Nc1cccc(-c2nc3ccccc3[nH]2)c1. The van der Waals surface area contributed by atoms with E-state index in [4.69, 9.17) is 0 Å². The van der Waals surface area contributed by atoms with Gasteiger partial charge in [-0.05, 0) is 43.7 Å². The first kappa shape index (κ1) is 14.9. The van der Waals surface area contributed by atoms with Crippen molar-refractivity contribution < 1.29 is 4.79 Å². The molecule has 24 heavy (non-hydrogen) atoms. The van der Waals surface area contributed by atoms with Crippen molar-refractivity contribution in [3.63, 3.8) is 0 Å². The quantitative estimate of drug-likeness (QED) is 0.691. The molecule has 1 saturated heterocycles. The summed E-state index contributed by atoms with van der Waals surface area (Å²) < 4.78 is 0. The molecule has 0 spiro atoms. The minimum atomic E-state index is 0.0520. The Morgan fingerprint density at radius 1 is 1.21 bits per heavy atom. The third-order valence-corrected chi connectivity index (χ3v) is 4.40. The van der Waals surface area contributed by atoms with Crippen LogP contribution in [0.3, 0.4) is 0 Å². The molecule has 2 heterocycles. The monoisotopic (exact) mass is 320 g/mol. The summed E-state index contributed by atoms with van der Waals surface area (Å²) in [6.07, 6.45) is 2.75. The van der Waals surface area contributed by atoms with Gasteiger partial charge < -0.3 is 15.6 Å². The maximum absolute atomic E-state index is 12.2. The van der Waals surface area contributed by atoms with Crippen LogP contribution in [-0.4, -0.2) is 28.5 Å². The maximum atomic E-state index is 12.2. The Kier molecular flexibility index (Phi) is 4.01. The fourth-order valence-corrected chi connectivity index (χ4v) is 3.20. The number of hydrogen-bond acceptors (Lipinski definition) is 3. The minimum Gasteiger partial charge on any atom is -0.338 e. The van der Waals surface area contributed by atoms with Gasteiger partial charge in [-0.1, -0.05) is 24.3 Å². The third kappa shape index (κ3) is 3.16. The topological polar surface area (TPSA) is 69.8 Å². The average Bonchev–Trinajstić information content (AvgIpc) is 3.24. The van der Waals surface area contributed by atoms with E-state index in [1.54, 1.807) is 0 Å². The van der Waals surface area contributed by atoms with Crippen molar-refractivity contribution in [2.75, 3.05) is 11.9 Å². The first-order valence-corrected chi connectivity index (χ1v) is 8.36. The van der Waals surface area contributed by atoms with Crippen LogP contribution >= 0.6 is 0 Å². The number of fused-ring (bicyclic) bond motifs is 1. The normalized spacial score (nSPS) is 17.2. The molecule has 1 atom stereocenters. The number of nitrogens with one attached hydrogen (secondary N) is 3. The van der Waals surface area contributed by atoms with Crippen molar-refractivity contribution in [1.29, 1.82) is 0 Å². The predicted molar refractivity (Wildman–Crippen MR) is 95.8 cm³/mol. The minimum absolute atomic E-state index is 0.0520. The van der Waals surface area contributed by atoms with Gasteiger partial charge in [-0.25, -0.2) is 4.98 Å². The van der Waals surface area contributed by atoms with E-state index in [-0.39, 0.29) is 5.91 Å². The lowest BCUT2D eigenvalue weighted by Gasteiger charge is -2.11. The lowest BCUT2D eigenvalue weighted by Crippen LogP contribution is -2.27. The second-order valence-electron chi connectivity index (χ2n) is 6.23. The summed E-state index contributed by atoms with van der Waals surface area (Å²) in [5, 5.41) is 6.34. The van der Waals surface area contributed by atoms with Gasteiger partial charge >= 0.3 is 0 Å². The molecule has 0 saturated carbocycles. The number of carbonyl (C=O) groups excluding carboxylic acids is 1. The molecule has 1 aliphatic heterocycles. The van der Waals surface area contributed by atoms with Gasteiger partial charge in [0.25, 0.3) is 0 Å². The van der Waals surface area contributed by atoms with E-state index < -0.39 is 0 Å². The van der Waals surface area contributed by atoms with Crippen LogP contribution < -0.4 is 10.6 Å². The van der Waals surface area contributed by atoms with Crippen molar-refractivity contribution in [3.05, 3.63) is 48.5 Å². The Balaban J connectivity index is 1.51. The highest BCUT2D eigenvalue weighted by atomic mass is 16.1. The zero-order valence-corrected chi connectivity index (χ0v) is 13.4. The molecule has 1 fully saturated rings. The lowest BCUT2D eigenvalue weighted by atomic mass is 10.1. The number of benzene rings is 2. The molecule has 5 nitrogen and oxygen atoms in total. The third-order valence-electron chi connectivity index (χ3n) is 4.40. The Bertz CT molecular complexity index is 831. The van der Waals surface area contributed by atoms with Crippen molar-refractivity contribution in [1.82, 2.24) is 15.3 Å². The molecule has 5 heteroatoms. The number of imidazole rings is 1. The van der Waals surface area contributed by atoms with Gasteiger partial charge in [0.15, 0.2) is 0 Å². The highest BCUT2D eigenvalue weighted by Gasteiger charge is 2.17. The molecule has 3 aromatic rings. The summed E-state index contributed by atoms with van der Waals surface area (Å²) in [6.45, 7) is 1.01. The molecular formula is C19H20N4O. The van der Waals surface area contributed by atoms with Crippen molar-refractivity contribution in [2.45, 2.75) is 25.3 Å². The zero-order valence-electron chi connectivity index (χ0n) is 13.4. The summed E-state index contributed by atoms with van der Waals surface area (Å²) in [5.41, 5.74) is 3.71. The fourth-order valence-electron chi connectivity index (χ4n) is 3.20.